The van der Waals surface area contributed by atoms with Gasteiger partial charge in [-0.25, -0.2) is 0 Å². The minimum Gasteiger partial charge on any atom is -0.481 e. The van der Waals surface area contributed by atoms with Gasteiger partial charge in [-0.3, -0.25) is 4.79 Å². The number of para-hydroxylation sites is 1. The third-order valence-electron chi connectivity index (χ3n) is 2.46. The van der Waals surface area contributed by atoms with Crippen molar-refractivity contribution < 1.29 is 9.90 Å². The first-order chi connectivity index (χ1) is 7.68. The van der Waals surface area contributed by atoms with E-state index < -0.39 is 5.97 Å². The van der Waals surface area contributed by atoms with Crippen molar-refractivity contribution in [2.24, 2.45) is 5.92 Å². The van der Waals surface area contributed by atoms with Gasteiger partial charge in [-0.15, -0.1) is 11.8 Å². The molecule has 0 bridgehead atoms. The second-order valence-corrected chi connectivity index (χ2v) is 4.81. The van der Waals surface area contributed by atoms with Crippen LogP contribution in [0.5, 0.6) is 0 Å². The number of hydrogen-bond donors (Lipinski definition) is 2. The van der Waals surface area contributed by atoms with Gasteiger partial charge in [0.1, 0.15) is 0 Å². The van der Waals surface area contributed by atoms with Gasteiger partial charge in [0.05, 0.1) is 5.92 Å². The Bertz CT molecular complexity index is 506. The zero-order chi connectivity index (χ0) is 11.5. The summed E-state index contributed by atoms with van der Waals surface area (Å²) >= 11 is 1.58. The van der Waals surface area contributed by atoms with E-state index in [0.717, 1.165) is 15.8 Å². The summed E-state index contributed by atoms with van der Waals surface area (Å²) in [5.41, 5.74) is 1.09. The van der Waals surface area contributed by atoms with Crippen LogP contribution in [0, 0.1) is 5.92 Å². The normalized spacial score (nSPS) is 12.8. The highest BCUT2D eigenvalue weighted by Gasteiger charge is 2.12. The SMILES string of the molecule is CC(CSc1c[nH]c2ccccc12)C(=O)O. The fourth-order valence-electron chi connectivity index (χ4n) is 1.45. The summed E-state index contributed by atoms with van der Waals surface area (Å²) < 4.78 is 0. The summed E-state index contributed by atoms with van der Waals surface area (Å²) in [6, 6.07) is 8.02. The van der Waals surface area contributed by atoms with E-state index in [-0.39, 0.29) is 5.92 Å². The van der Waals surface area contributed by atoms with Crippen molar-refractivity contribution in [1.29, 1.82) is 0 Å². The zero-order valence-electron chi connectivity index (χ0n) is 8.93. The van der Waals surface area contributed by atoms with E-state index >= 15 is 0 Å². The van der Waals surface area contributed by atoms with Crippen LogP contribution in [-0.2, 0) is 4.79 Å². The van der Waals surface area contributed by atoms with Gasteiger partial charge in [-0.05, 0) is 6.07 Å². The molecule has 1 unspecified atom stereocenters. The molecule has 0 saturated carbocycles. The molecule has 0 aliphatic carbocycles. The van der Waals surface area contributed by atoms with Crippen LogP contribution in [0.3, 0.4) is 0 Å². The minimum absolute atomic E-state index is 0.321. The summed E-state index contributed by atoms with van der Waals surface area (Å²) in [6.07, 6.45) is 1.93. The van der Waals surface area contributed by atoms with Crippen LogP contribution in [0.1, 0.15) is 6.92 Å². The molecule has 0 saturated heterocycles. The summed E-state index contributed by atoms with van der Waals surface area (Å²) in [5, 5.41) is 9.96. The molecule has 1 heterocycles. The molecule has 2 aromatic rings. The predicted molar refractivity (Wildman–Crippen MR) is 65.8 cm³/mol. The second-order valence-electron chi connectivity index (χ2n) is 3.75. The van der Waals surface area contributed by atoms with Gasteiger partial charge in [0.15, 0.2) is 0 Å². The molecule has 2 rings (SSSR count). The summed E-state index contributed by atoms with van der Waals surface area (Å²) in [6.45, 7) is 1.73. The van der Waals surface area contributed by atoms with Gasteiger partial charge in [-0.2, -0.15) is 0 Å². The van der Waals surface area contributed by atoms with Crippen LogP contribution in [0.25, 0.3) is 10.9 Å². The Morgan fingerprint density at radius 2 is 2.25 bits per heavy atom. The van der Waals surface area contributed by atoms with E-state index in [9.17, 15) is 4.79 Å². The number of aliphatic carboxylic acids is 1. The highest BCUT2D eigenvalue weighted by atomic mass is 32.2. The Hall–Kier alpha value is -1.42. The molecule has 0 fully saturated rings. The molecule has 0 amide bonds. The number of H-pyrrole nitrogens is 1. The molecular weight excluding hydrogens is 222 g/mol. The van der Waals surface area contributed by atoms with Gasteiger partial charge < -0.3 is 10.1 Å². The number of carboxylic acids is 1. The number of hydrogen-bond acceptors (Lipinski definition) is 2. The van der Waals surface area contributed by atoms with E-state index in [4.69, 9.17) is 5.11 Å². The predicted octanol–water partition coefficient (Wildman–Crippen LogP) is 2.98. The van der Waals surface area contributed by atoms with Crippen LogP contribution in [-0.4, -0.2) is 21.8 Å². The lowest BCUT2D eigenvalue weighted by Crippen LogP contribution is -2.11. The number of carbonyl (C=O) groups is 1. The molecule has 16 heavy (non-hydrogen) atoms. The molecule has 1 atom stereocenters. The molecule has 2 N–H and O–H groups in total. The van der Waals surface area contributed by atoms with Crippen molar-refractivity contribution in [3.05, 3.63) is 30.5 Å². The third kappa shape index (κ3) is 2.22. The maximum atomic E-state index is 10.7. The lowest BCUT2D eigenvalue weighted by Gasteiger charge is -2.04. The average molecular weight is 235 g/mol. The third-order valence-corrected chi connectivity index (χ3v) is 3.78. The highest BCUT2D eigenvalue weighted by Crippen LogP contribution is 2.28. The number of carboxylic acid groups (broad SMARTS) is 1. The summed E-state index contributed by atoms with van der Waals surface area (Å²) in [7, 11) is 0. The molecular formula is C12H13NO2S. The van der Waals surface area contributed by atoms with Gasteiger partial charge in [0, 0.05) is 27.7 Å². The lowest BCUT2D eigenvalue weighted by atomic mass is 10.2. The zero-order valence-corrected chi connectivity index (χ0v) is 9.75. The summed E-state index contributed by atoms with van der Waals surface area (Å²) in [5.74, 6) is -0.469. The number of benzene rings is 1. The van der Waals surface area contributed by atoms with Crippen molar-refractivity contribution in [1.82, 2.24) is 4.98 Å². The molecule has 0 radical (unpaired) electrons. The number of aromatic amines is 1. The molecule has 1 aromatic carbocycles. The van der Waals surface area contributed by atoms with Gasteiger partial charge in [-0.1, -0.05) is 25.1 Å². The topological polar surface area (TPSA) is 53.1 Å². The summed E-state index contributed by atoms with van der Waals surface area (Å²) in [4.78, 5) is 15.0. The first-order valence-electron chi connectivity index (χ1n) is 5.10. The average Bonchev–Trinajstić information content (AvgIpc) is 2.69. The molecule has 0 spiro atoms. The smallest absolute Gasteiger partial charge is 0.307 e. The van der Waals surface area contributed by atoms with E-state index in [1.807, 2.05) is 30.5 Å². The van der Waals surface area contributed by atoms with E-state index in [1.54, 1.807) is 18.7 Å². The molecule has 0 aliphatic rings. The number of aromatic nitrogens is 1. The largest absolute Gasteiger partial charge is 0.481 e. The standard InChI is InChI=1S/C12H13NO2S/c1-8(12(14)15)7-16-11-6-13-10-5-3-2-4-9(10)11/h2-6,8,13H,7H2,1H3,(H,14,15). The first kappa shape index (κ1) is 11.1. The number of rotatable bonds is 4. The van der Waals surface area contributed by atoms with Crippen LogP contribution >= 0.6 is 11.8 Å². The molecule has 3 nitrogen and oxygen atoms in total. The number of nitrogens with one attached hydrogen (secondary N) is 1. The molecule has 4 heteroatoms. The number of thioether (sulfide) groups is 1. The van der Waals surface area contributed by atoms with Gasteiger partial charge in [0.25, 0.3) is 0 Å². The Balaban J connectivity index is 2.13. The van der Waals surface area contributed by atoms with Crippen LogP contribution in [0.4, 0.5) is 0 Å². The quantitative estimate of drug-likeness (QED) is 0.801. The van der Waals surface area contributed by atoms with E-state index in [2.05, 4.69) is 4.98 Å². The maximum Gasteiger partial charge on any atom is 0.307 e. The Morgan fingerprint density at radius 1 is 1.50 bits per heavy atom. The minimum atomic E-state index is -0.743. The Morgan fingerprint density at radius 3 is 3.00 bits per heavy atom. The highest BCUT2D eigenvalue weighted by molar-refractivity contribution is 7.99. The molecule has 0 aliphatic heterocycles. The lowest BCUT2D eigenvalue weighted by molar-refractivity contribution is -0.140. The fraction of sp³-hybridized carbons (Fsp3) is 0.250. The molecule has 1 aromatic heterocycles. The van der Waals surface area contributed by atoms with E-state index in [1.165, 1.54) is 0 Å². The van der Waals surface area contributed by atoms with Crippen molar-refractivity contribution in [2.75, 3.05) is 5.75 Å². The van der Waals surface area contributed by atoms with Gasteiger partial charge >= 0.3 is 5.97 Å². The monoisotopic (exact) mass is 235 g/mol. The Kier molecular flexibility index (Phi) is 3.19. The number of fused-ring (bicyclic) bond motifs is 1. The van der Waals surface area contributed by atoms with E-state index in [0.29, 0.717) is 5.75 Å². The van der Waals surface area contributed by atoms with Crippen molar-refractivity contribution in [3.63, 3.8) is 0 Å². The van der Waals surface area contributed by atoms with Gasteiger partial charge in [0.2, 0.25) is 0 Å². The molecule has 84 valence electrons. The van der Waals surface area contributed by atoms with Crippen molar-refractivity contribution >= 4 is 28.6 Å². The van der Waals surface area contributed by atoms with Crippen LogP contribution < -0.4 is 0 Å². The van der Waals surface area contributed by atoms with Crippen molar-refractivity contribution in [3.8, 4) is 0 Å². The van der Waals surface area contributed by atoms with Crippen molar-refractivity contribution in [2.45, 2.75) is 11.8 Å². The van der Waals surface area contributed by atoms with Crippen LogP contribution in [0.2, 0.25) is 0 Å². The maximum absolute atomic E-state index is 10.7. The second kappa shape index (κ2) is 4.61. The fourth-order valence-corrected chi connectivity index (χ4v) is 2.50. The Labute approximate surface area is 97.9 Å². The van der Waals surface area contributed by atoms with Crippen LogP contribution in [0.15, 0.2) is 35.4 Å². The first-order valence-corrected chi connectivity index (χ1v) is 6.09.